The van der Waals surface area contributed by atoms with Gasteiger partial charge in [0.15, 0.2) is 12.0 Å². The van der Waals surface area contributed by atoms with Crippen molar-refractivity contribution >= 4 is 87.0 Å². The standard InChI is InChI=1S/C11H6Cl6N4O2/c12-10(13,14)8-18-7(19-9(20-8)11(15,16)17)5-2-1-3-6(4-5)21(22)23/h1-4,8H,(H,18,19,20)/t8-/m0/s1. The van der Waals surface area contributed by atoms with Crippen molar-refractivity contribution < 1.29 is 4.92 Å². The largest absolute Gasteiger partial charge is 0.325 e. The zero-order chi connectivity index (χ0) is 17.4. The Kier molecular flexibility index (Phi) is 5.55. The molecule has 1 atom stereocenters. The normalized spacial score (nSPS) is 18.8. The molecule has 1 aliphatic heterocycles. The van der Waals surface area contributed by atoms with Gasteiger partial charge < -0.3 is 5.32 Å². The van der Waals surface area contributed by atoms with E-state index in [0.29, 0.717) is 5.56 Å². The van der Waals surface area contributed by atoms with Crippen LogP contribution in [0.3, 0.4) is 0 Å². The molecule has 1 N–H and O–H groups in total. The topological polar surface area (TPSA) is 79.9 Å². The third-order valence-electron chi connectivity index (χ3n) is 2.63. The number of nitro benzene ring substituents is 1. The summed E-state index contributed by atoms with van der Waals surface area (Å²) in [5, 5.41) is 13.6. The van der Waals surface area contributed by atoms with Crippen molar-refractivity contribution in [1.82, 2.24) is 5.32 Å². The lowest BCUT2D eigenvalue weighted by atomic mass is 10.1. The van der Waals surface area contributed by atoms with Crippen LogP contribution in [-0.4, -0.2) is 30.3 Å². The maximum Gasteiger partial charge on any atom is 0.270 e. The Labute approximate surface area is 160 Å². The fraction of sp³-hybridized carbons (Fsp3) is 0.273. The quantitative estimate of drug-likeness (QED) is 0.422. The van der Waals surface area contributed by atoms with Crippen LogP contribution in [0.15, 0.2) is 34.3 Å². The first-order valence-corrected chi connectivity index (χ1v) is 8.06. The highest BCUT2D eigenvalue weighted by Gasteiger charge is 2.40. The molecule has 0 aliphatic carbocycles. The van der Waals surface area contributed by atoms with E-state index in [1.165, 1.54) is 18.2 Å². The number of amidine groups is 2. The second-order valence-corrected chi connectivity index (χ2v) is 8.95. The Hall–Kier alpha value is -0.500. The molecule has 2 rings (SSSR count). The minimum absolute atomic E-state index is 0.115. The lowest BCUT2D eigenvalue weighted by molar-refractivity contribution is -0.384. The molecule has 0 unspecified atom stereocenters. The van der Waals surface area contributed by atoms with Gasteiger partial charge in [-0.05, 0) is 0 Å². The fourth-order valence-electron chi connectivity index (χ4n) is 1.65. The highest BCUT2D eigenvalue weighted by Crippen LogP contribution is 2.37. The molecule has 12 heteroatoms. The number of hydrogen-bond acceptors (Lipinski definition) is 5. The minimum Gasteiger partial charge on any atom is -0.325 e. The number of benzene rings is 1. The van der Waals surface area contributed by atoms with E-state index in [1.54, 1.807) is 6.07 Å². The van der Waals surface area contributed by atoms with Gasteiger partial charge in [-0.3, -0.25) is 10.1 Å². The molecule has 0 spiro atoms. The lowest BCUT2D eigenvalue weighted by Crippen LogP contribution is -2.46. The van der Waals surface area contributed by atoms with Gasteiger partial charge in [-0.15, -0.1) is 0 Å². The summed E-state index contributed by atoms with van der Waals surface area (Å²) in [6, 6.07) is 5.64. The Morgan fingerprint density at radius 1 is 1.13 bits per heavy atom. The summed E-state index contributed by atoms with van der Waals surface area (Å²) in [4.78, 5) is 18.4. The molecule has 0 radical (unpaired) electrons. The summed E-state index contributed by atoms with van der Waals surface area (Å²) in [6.45, 7) is 0. The van der Waals surface area contributed by atoms with Gasteiger partial charge in [-0.1, -0.05) is 81.7 Å². The highest BCUT2D eigenvalue weighted by atomic mass is 35.6. The van der Waals surface area contributed by atoms with Gasteiger partial charge in [0, 0.05) is 17.7 Å². The van der Waals surface area contributed by atoms with Gasteiger partial charge in [0.2, 0.25) is 7.59 Å². The Balaban J connectivity index is 2.48. The third kappa shape index (κ3) is 4.75. The van der Waals surface area contributed by atoms with Gasteiger partial charge in [0.1, 0.15) is 5.84 Å². The first kappa shape index (κ1) is 18.8. The second kappa shape index (κ2) is 6.78. The Morgan fingerprint density at radius 2 is 1.78 bits per heavy atom. The molecule has 23 heavy (non-hydrogen) atoms. The number of aliphatic imine (C=N–C) groups is 2. The molecule has 0 fully saturated rings. The van der Waals surface area contributed by atoms with E-state index in [4.69, 9.17) is 69.6 Å². The molecule has 0 bridgehead atoms. The Morgan fingerprint density at radius 3 is 2.30 bits per heavy atom. The number of nitro groups is 1. The predicted octanol–water partition coefficient (Wildman–Crippen LogP) is 4.41. The molecule has 0 saturated carbocycles. The molecule has 0 saturated heterocycles. The van der Waals surface area contributed by atoms with Gasteiger partial charge in [-0.25, -0.2) is 9.98 Å². The maximum absolute atomic E-state index is 10.9. The molecule has 1 aromatic carbocycles. The number of halogens is 6. The van der Waals surface area contributed by atoms with E-state index in [-0.39, 0.29) is 17.4 Å². The van der Waals surface area contributed by atoms with Crippen molar-refractivity contribution in [3.05, 3.63) is 39.9 Å². The van der Waals surface area contributed by atoms with E-state index in [0.717, 1.165) is 0 Å². The number of nitrogens with zero attached hydrogens (tertiary/aromatic N) is 3. The monoisotopic (exact) mass is 436 g/mol. The second-order valence-electron chi connectivity index (χ2n) is 4.30. The van der Waals surface area contributed by atoms with Crippen LogP contribution in [0.25, 0.3) is 0 Å². The summed E-state index contributed by atoms with van der Waals surface area (Å²) < 4.78 is -3.81. The maximum atomic E-state index is 10.9. The van der Waals surface area contributed by atoms with Crippen LogP contribution in [0.1, 0.15) is 5.56 Å². The van der Waals surface area contributed by atoms with Crippen LogP contribution in [0.2, 0.25) is 0 Å². The molecule has 6 nitrogen and oxygen atoms in total. The zero-order valence-electron chi connectivity index (χ0n) is 10.8. The first-order valence-electron chi connectivity index (χ1n) is 5.80. The third-order valence-corrected chi connectivity index (χ3v) is 3.75. The average Bonchev–Trinajstić information content (AvgIpc) is 2.45. The molecular formula is C11H6Cl6N4O2. The van der Waals surface area contributed by atoms with Crippen LogP contribution >= 0.6 is 69.6 Å². The van der Waals surface area contributed by atoms with E-state index >= 15 is 0 Å². The van der Waals surface area contributed by atoms with Gasteiger partial charge in [0.05, 0.1) is 4.92 Å². The number of hydrogen-bond donors (Lipinski definition) is 1. The number of nitrogens with one attached hydrogen (secondary N) is 1. The lowest BCUT2D eigenvalue weighted by Gasteiger charge is -2.27. The van der Waals surface area contributed by atoms with Gasteiger partial charge >= 0.3 is 0 Å². The van der Waals surface area contributed by atoms with Crippen molar-refractivity contribution in [1.29, 1.82) is 0 Å². The van der Waals surface area contributed by atoms with Crippen LogP contribution in [-0.2, 0) is 0 Å². The molecule has 1 heterocycles. The summed E-state index contributed by atoms with van der Waals surface area (Å²) in [7, 11) is 0. The average molecular weight is 439 g/mol. The fourth-order valence-corrected chi connectivity index (χ4v) is 2.23. The summed E-state index contributed by atoms with van der Waals surface area (Å²) in [5.41, 5.74) is 0.204. The molecule has 0 aromatic heterocycles. The van der Waals surface area contributed by atoms with Crippen molar-refractivity contribution in [3.8, 4) is 0 Å². The minimum atomic E-state index is -1.92. The van der Waals surface area contributed by atoms with Gasteiger partial charge in [-0.2, -0.15) is 0 Å². The summed E-state index contributed by atoms with van der Waals surface area (Å²) in [6.07, 6.45) is -1.19. The molecule has 124 valence electrons. The summed E-state index contributed by atoms with van der Waals surface area (Å²) >= 11 is 34.9. The Bertz CT molecular complexity index is 694. The number of alkyl halides is 6. The molecule has 1 aromatic rings. The number of rotatable bonds is 2. The van der Waals surface area contributed by atoms with Crippen LogP contribution in [0, 0.1) is 10.1 Å². The smallest absolute Gasteiger partial charge is 0.270 e. The zero-order valence-corrected chi connectivity index (χ0v) is 15.3. The first-order chi connectivity index (χ1) is 10.5. The molecular weight excluding hydrogens is 433 g/mol. The highest BCUT2D eigenvalue weighted by molar-refractivity contribution is 6.77. The number of non-ortho nitro benzene ring substituents is 1. The van der Waals surface area contributed by atoms with Crippen molar-refractivity contribution in [3.63, 3.8) is 0 Å². The van der Waals surface area contributed by atoms with Crippen LogP contribution in [0.5, 0.6) is 0 Å². The van der Waals surface area contributed by atoms with E-state index < -0.39 is 18.7 Å². The van der Waals surface area contributed by atoms with E-state index in [9.17, 15) is 10.1 Å². The van der Waals surface area contributed by atoms with E-state index in [1.807, 2.05) is 0 Å². The van der Waals surface area contributed by atoms with Crippen molar-refractivity contribution in [2.75, 3.05) is 0 Å². The summed E-state index contributed by atoms with van der Waals surface area (Å²) in [5.74, 6) is 0.0108. The molecule has 1 aliphatic rings. The SMILES string of the molecule is O=[N+]([O-])c1cccc(C2=N[C@H](C(Cl)(Cl)Cl)N=C(C(Cl)(Cl)Cl)N2)c1. The van der Waals surface area contributed by atoms with Gasteiger partial charge in [0.25, 0.3) is 5.69 Å². The van der Waals surface area contributed by atoms with Crippen molar-refractivity contribution in [2.24, 2.45) is 9.98 Å². The van der Waals surface area contributed by atoms with Crippen molar-refractivity contribution in [2.45, 2.75) is 13.8 Å². The molecule has 0 amide bonds. The van der Waals surface area contributed by atoms with Crippen LogP contribution < -0.4 is 5.32 Å². The predicted molar refractivity (Wildman–Crippen MR) is 94.6 cm³/mol. The van der Waals surface area contributed by atoms with Crippen LogP contribution in [0.4, 0.5) is 5.69 Å². The van der Waals surface area contributed by atoms with E-state index in [2.05, 4.69) is 15.3 Å².